The molecule has 34 heavy (non-hydrogen) atoms. The second kappa shape index (κ2) is 9.73. The largest absolute Gasteiger partial charge is 0.507 e. The second-order valence-corrected chi connectivity index (χ2v) is 9.03. The predicted octanol–water partition coefficient (Wildman–Crippen LogP) is 5.87. The van der Waals surface area contributed by atoms with Crippen LogP contribution in [0.15, 0.2) is 82.8 Å². The van der Waals surface area contributed by atoms with Gasteiger partial charge in [-0.3, -0.25) is 14.5 Å². The molecule has 0 bridgehead atoms. The zero-order valence-electron chi connectivity index (χ0n) is 19.0. The van der Waals surface area contributed by atoms with E-state index in [0.29, 0.717) is 28.3 Å². The number of anilines is 1. The van der Waals surface area contributed by atoms with Crippen LogP contribution < -0.4 is 14.4 Å². The van der Waals surface area contributed by atoms with Gasteiger partial charge in [0.05, 0.1) is 24.8 Å². The van der Waals surface area contributed by atoms with Crippen LogP contribution >= 0.6 is 15.9 Å². The molecule has 7 heteroatoms. The molecule has 1 amide bonds. The number of hydrogen-bond acceptors (Lipinski definition) is 5. The summed E-state index contributed by atoms with van der Waals surface area (Å²) >= 11 is 3.37. The molecule has 6 nitrogen and oxygen atoms in total. The molecule has 0 radical (unpaired) electrons. The SMILES string of the molecule is COc1ccc(N2C(=O)C(=O)/C(=C(/O)c3ccc(Br)cc3)C2c2ccc(OC(C)C)cc2)cc1. The van der Waals surface area contributed by atoms with Gasteiger partial charge in [-0.05, 0) is 67.9 Å². The van der Waals surface area contributed by atoms with Crippen molar-refractivity contribution in [3.63, 3.8) is 0 Å². The minimum absolute atomic E-state index is 0.00758. The van der Waals surface area contributed by atoms with Crippen LogP contribution in [0.4, 0.5) is 5.69 Å². The average Bonchev–Trinajstić information content (AvgIpc) is 3.09. The monoisotopic (exact) mass is 521 g/mol. The number of amides is 1. The number of carbonyl (C=O) groups excluding carboxylic acids is 2. The summed E-state index contributed by atoms with van der Waals surface area (Å²) in [6.45, 7) is 3.87. The van der Waals surface area contributed by atoms with Gasteiger partial charge >= 0.3 is 0 Å². The summed E-state index contributed by atoms with van der Waals surface area (Å²) in [5.74, 6) is -0.385. The van der Waals surface area contributed by atoms with E-state index in [9.17, 15) is 14.7 Å². The molecule has 174 valence electrons. The number of benzene rings is 3. The van der Waals surface area contributed by atoms with E-state index in [4.69, 9.17) is 9.47 Å². The maximum absolute atomic E-state index is 13.2. The Kier molecular flexibility index (Phi) is 6.75. The first-order valence-corrected chi connectivity index (χ1v) is 11.6. The Morgan fingerprint density at radius 1 is 0.912 bits per heavy atom. The molecule has 1 N–H and O–H groups in total. The highest BCUT2D eigenvalue weighted by molar-refractivity contribution is 9.10. The van der Waals surface area contributed by atoms with Crippen LogP contribution in [0.2, 0.25) is 0 Å². The number of carbonyl (C=O) groups is 2. The quantitative estimate of drug-likeness (QED) is 0.249. The number of ether oxygens (including phenoxy) is 2. The van der Waals surface area contributed by atoms with E-state index in [2.05, 4.69) is 15.9 Å². The summed E-state index contributed by atoms with van der Waals surface area (Å²) in [6.07, 6.45) is 0.00758. The first-order valence-electron chi connectivity index (χ1n) is 10.8. The van der Waals surface area contributed by atoms with Crippen LogP contribution in [-0.4, -0.2) is 30.0 Å². The molecule has 3 aromatic carbocycles. The Morgan fingerprint density at radius 3 is 2.06 bits per heavy atom. The minimum atomic E-state index is -0.815. The highest BCUT2D eigenvalue weighted by Crippen LogP contribution is 2.42. The lowest BCUT2D eigenvalue weighted by atomic mass is 9.95. The minimum Gasteiger partial charge on any atom is -0.507 e. The molecule has 1 saturated heterocycles. The summed E-state index contributed by atoms with van der Waals surface area (Å²) in [4.78, 5) is 27.9. The van der Waals surface area contributed by atoms with Gasteiger partial charge in [0.1, 0.15) is 17.3 Å². The van der Waals surface area contributed by atoms with Crippen LogP contribution in [-0.2, 0) is 9.59 Å². The molecule has 1 aliphatic heterocycles. The van der Waals surface area contributed by atoms with Gasteiger partial charge in [0.2, 0.25) is 0 Å². The summed E-state index contributed by atoms with van der Waals surface area (Å²) in [6, 6.07) is 20.2. The smallest absolute Gasteiger partial charge is 0.300 e. The summed E-state index contributed by atoms with van der Waals surface area (Å²) in [5, 5.41) is 11.2. The lowest BCUT2D eigenvalue weighted by molar-refractivity contribution is -0.132. The number of aliphatic hydroxyl groups excluding tert-OH is 1. The van der Waals surface area contributed by atoms with Gasteiger partial charge in [-0.15, -0.1) is 0 Å². The van der Waals surface area contributed by atoms with Crippen molar-refractivity contribution in [1.29, 1.82) is 0 Å². The first-order chi connectivity index (χ1) is 16.3. The highest BCUT2D eigenvalue weighted by atomic mass is 79.9. The number of nitrogens with zero attached hydrogens (tertiary/aromatic N) is 1. The molecule has 0 saturated carbocycles. The molecule has 0 spiro atoms. The van der Waals surface area contributed by atoms with Gasteiger partial charge in [-0.25, -0.2) is 0 Å². The first kappa shape index (κ1) is 23.6. The van der Waals surface area contributed by atoms with Crippen LogP contribution in [0.3, 0.4) is 0 Å². The van der Waals surface area contributed by atoms with Crippen molar-refractivity contribution in [3.8, 4) is 11.5 Å². The van der Waals surface area contributed by atoms with E-state index in [1.165, 1.54) is 4.90 Å². The van der Waals surface area contributed by atoms with Crippen molar-refractivity contribution < 1.29 is 24.2 Å². The Bertz CT molecular complexity index is 1230. The molecular formula is C27H24BrNO5. The van der Waals surface area contributed by atoms with Crippen molar-refractivity contribution in [2.45, 2.75) is 26.0 Å². The number of methoxy groups -OCH3 is 1. The van der Waals surface area contributed by atoms with Gasteiger partial charge in [0.25, 0.3) is 11.7 Å². The van der Waals surface area contributed by atoms with Gasteiger partial charge in [-0.2, -0.15) is 0 Å². The van der Waals surface area contributed by atoms with E-state index < -0.39 is 17.7 Å². The van der Waals surface area contributed by atoms with Crippen LogP contribution in [0.5, 0.6) is 11.5 Å². The molecule has 4 rings (SSSR count). The third-order valence-corrected chi connectivity index (χ3v) is 6.01. The van der Waals surface area contributed by atoms with Crippen LogP contribution in [0, 0.1) is 0 Å². The van der Waals surface area contributed by atoms with E-state index >= 15 is 0 Å². The van der Waals surface area contributed by atoms with Crippen LogP contribution in [0.1, 0.15) is 31.0 Å². The Morgan fingerprint density at radius 2 is 1.50 bits per heavy atom. The molecule has 0 aliphatic carbocycles. The van der Waals surface area contributed by atoms with Crippen molar-refractivity contribution in [3.05, 3.63) is 94.0 Å². The molecule has 3 aromatic rings. The predicted molar refractivity (Wildman–Crippen MR) is 134 cm³/mol. The number of aliphatic hydroxyl groups is 1. The lowest BCUT2D eigenvalue weighted by Crippen LogP contribution is -2.29. The zero-order chi connectivity index (χ0) is 24.4. The Labute approximate surface area is 206 Å². The Balaban J connectivity index is 1.87. The topological polar surface area (TPSA) is 76.1 Å². The molecule has 1 fully saturated rings. The summed E-state index contributed by atoms with van der Waals surface area (Å²) < 4.78 is 11.8. The molecule has 1 unspecified atom stereocenters. The number of halogens is 1. The van der Waals surface area contributed by atoms with Crippen LogP contribution in [0.25, 0.3) is 5.76 Å². The Hall–Kier alpha value is -3.58. The molecule has 1 heterocycles. The lowest BCUT2D eigenvalue weighted by Gasteiger charge is -2.26. The van der Waals surface area contributed by atoms with Crippen molar-refractivity contribution in [2.75, 3.05) is 12.0 Å². The maximum Gasteiger partial charge on any atom is 0.300 e. The average molecular weight is 522 g/mol. The third-order valence-electron chi connectivity index (χ3n) is 5.48. The van der Waals surface area contributed by atoms with Gasteiger partial charge in [-0.1, -0.05) is 40.2 Å². The molecule has 1 aliphatic rings. The number of ketones is 1. The zero-order valence-corrected chi connectivity index (χ0v) is 20.6. The maximum atomic E-state index is 13.2. The molecule has 1 atom stereocenters. The summed E-state index contributed by atoms with van der Waals surface area (Å²) in [7, 11) is 1.56. The standard InChI is InChI=1S/C27H24BrNO5/c1-16(2)34-22-12-6-17(7-13-22)24-23(25(30)18-4-8-19(28)9-5-18)26(31)27(32)29(24)20-10-14-21(33-3)15-11-20/h4-16,24,30H,1-3H3/b25-23+. The fraction of sp³-hybridized carbons (Fsp3) is 0.185. The molecule has 0 aromatic heterocycles. The second-order valence-electron chi connectivity index (χ2n) is 8.11. The fourth-order valence-corrected chi connectivity index (χ4v) is 4.19. The highest BCUT2D eigenvalue weighted by Gasteiger charge is 2.47. The van der Waals surface area contributed by atoms with E-state index in [1.807, 2.05) is 13.8 Å². The van der Waals surface area contributed by atoms with E-state index in [0.717, 1.165) is 4.47 Å². The van der Waals surface area contributed by atoms with Gasteiger partial charge < -0.3 is 14.6 Å². The molecular weight excluding hydrogens is 498 g/mol. The summed E-state index contributed by atoms with van der Waals surface area (Å²) in [5.41, 5.74) is 1.66. The van der Waals surface area contributed by atoms with Gasteiger partial charge in [0.15, 0.2) is 0 Å². The van der Waals surface area contributed by atoms with Crippen molar-refractivity contribution >= 4 is 39.1 Å². The van der Waals surface area contributed by atoms with E-state index in [-0.39, 0.29) is 17.4 Å². The van der Waals surface area contributed by atoms with Crippen molar-refractivity contribution in [2.24, 2.45) is 0 Å². The normalized spacial score (nSPS) is 17.3. The van der Waals surface area contributed by atoms with Gasteiger partial charge in [0, 0.05) is 15.7 Å². The number of hydrogen-bond donors (Lipinski definition) is 1. The van der Waals surface area contributed by atoms with E-state index in [1.54, 1.807) is 79.9 Å². The number of rotatable bonds is 6. The number of Topliss-reactive ketones (excluding diaryl/α,β-unsaturated/α-hetero) is 1. The fourth-order valence-electron chi connectivity index (χ4n) is 3.92. The van der Waals surface area contributed by atoms with Crippen molar-refractivity contribution in [1.82, 2.24) is 0 Å². The third kappa shape index (κ3) is 4.56.